The highest BCUT2D eigenvalue weighted by atomic mass is 127. The predicted molar refractivity (Wildman–Crippen MR) is 143 cm³/mol. The molecule has 1 aliphatic heterocycles. The van der Waals surface area contributed by atoms with Gasteiger partial charge in [-0.25, -0.2) is 0 Å². The van der Waals surface area contributed by atoms with Gasteiger partial charge in [-0.15, -0.1) is 24.0 Å². The Labute approximate surface area is 214 Å². The van der Waals surface area contributed by atoms with E-state index in [1.165, 1.54) is 11.1 Å². The van der Waals surface area contributed by atoms with E-state index in [1.807, 2.05) is 43.0 Å². The van der Waals surface area contributed by atoms with Crippen LogP contribution in [-0.4, -0.2) is 56.7 Å². The van der Waals surface area contributed by atoms with Crippen molar-refractivity contribution < 1.29 is 14.3 Å². The number of rotatable bonds is 9. The topological polar surface area (TPSA) is 75.2 Å². The van der Waals surface area contributed by atoms with Crippen LogP contribution in [0, 0.1) is 0 Å². The molecule has 0 unspecified atom stereocenters. The second-order valence-corrected chi connectivity index (χ2v) is 7.58. The van der Waals surface area contributed by atoms with Crippen LogP contribution < -0.4 is 20.1 Å². The Kier molecular flexibility index (Phi) is 11.3. The van der Waals surface area contributed by atoms with E-state index in [0.717, 1.165) is 36.4 Å². The van der Waals surface area contributed by atoms with Crippen LogP contribution in [0.1, 0.15) is 30.5 Å². The fourth-order valence-electron chi connectivity index (χ4n) is 3.78. The van der Waals surface area contributed by atoms with Crippen molar-refractivity contribution in [1.29, 1.82) is 0 Å². The Morgan fingerprint density at radius 1 is 1.03 bits per heavy atom. The third-order valence-corrected chi connectivity index (χ3v) is 5.43. The first-order valence-corrected chi connectivity index (χ1v) is 11.3. The van der Waals surface area contributed by atoms with Crippen molar-refractivity contribution >= 4 is 35.8 Å². The van der Waals surface area contributed by atoms with Gasteiger partial charge in [0.25, 0.3) is 0 Å². The molecule has 1 aliphatic rings. The zero-order valence-corrected chi connectivity index (χ0v) is 22.1. The Bertz CT molecular complexity index is 936. The average Bonchev–Trinajstić information content (AvgIpc) is 2.82. The fourth-order valence-corrected chi connectivity index (χ4v) is 3.78. The summed E-state index contributed by atoms with van der Waals surface area (Å²) in [6.45, 7) is 7.45. The van der Waals surface area contributed by atoms with Gasteiger partial charge in [-0.05, 0) is 55.5 Å². The normalized spacial score (nSPS) is 12.9. The van der Waals surface area contributed by atoms with Gasteiger partial charge in [-0.3, -0.25) is 9.79 Å². The maximum absolute atomic E-state index is 12.7. The number of halogens is 1. The molecular weight excluding hydrogens is 531 g/mol. The molecule has 0 bridgehead atoms. The predicted octanol–water partition coefficient (Wildman–Crippen LogP) is 3.39. The monoisotopic (exact) mass is 566 g/mol. The minimum Gasteiger partial charge on any atom is -0.490 e. The van der Waals surface area contributed by atoms with Crippen LogP contribution in [0.4, 0.5) is 0 Å². The molecule has 0 saturated heterocycles. The summed E-state index contributed by atoms with van der Waals surface area (Å²) in [5.41, 5.74) is 3.71. The molecule has 1 heterocycles. The molecule has 0 atom stereocenters. The van der Waals surface area contributed by atoms with E-state index in [1.54, 1.807) is 7.05 Å². The highest BCUT2D eigenvalue weighted by molar-refractivity contribution is 14.0. The number of hydrogen-bond acceptors (Lipinski definition) is 4. The summed E-state index contributed by atoms with van der Waals surface area (Å²) in [5, 5.41) is 6.42. The van der Waals surface area contributed by atoms with Gasteiger partial charge in [-0.1, -0.05) is 30.3 Å². The molecule has 180 valence electrons. The van der Waals surface area contributed by atoms with E-state index < -0.39 is 0 Å². The first kappa shape index (κ1) is 26.8. The molecule has 3 rings (SSSR count). The Morgan fingerprint density at radius 3 is 2.48 bits per heavy atom. The molecule has 2 aromatic rings. The lowest BCUT2D eigenvalue weighted by molar-refractivity contribution is -0.130. The lowest BCUT2D eigenvalue weighted by Gasteiger charge is -2.29. The molecule has 0 fully saturated rings. The number of nitrogens with one attached hydrogen (secondary N) is 2. The van der Waals surface area contributed by atoms with Crippen LogP contribution in [0.3, 0.4) is 0 Å². The second-order valence-electron chi connectivity index (χ2n) is 7.58. The van der Waals surface area contributed by atoms with Gasteiger partial charge in [0.1, 0.15) is 0 Å². The number of ether oxygens (including phenoxy) is 2. The first-order chi connectivity index (χ1) is 15.6. The van der Waals surface area contributed by atoms with E-state index >= 15 is 0 Å². The van der Waals surface area contributed by atoms with E-state index in [4.69, 9.17) is 9.47 Å². The number of benzene rings is 2. The quantitative estimate of drug-likeness (QED) is 0.277. The smallest absolute Gasteiger partial charge is 0.242 e. The third kappa shape index (κ3) is 7.80. The first-order valence-electron chi connectivity index (χ1n) is 11.3. The summed E-state index contributed by atoms with van der Waals surface area (Å²) in [6.07, 6.45) is 1.70. The summed E-state index contributed by atoms with van der Waals surface area (Å²) < 4.78 is 11.3. The van der Waals surface area contributed by atoms with Gasteiger partial charge in [0.05, 0.1) is 19.8 Å². The van der Waals surface area contributed by atoms with Gasteiger partial charge in [0, 0.05) is 26.7 Å². The van der Waals surface area contributed by atoms with Crippen molar-refractivity contribution in [3.05, 3.63) is 59.2 Å². The number of carbonyl (C=O) groups is 1. The average molecular weight is 566 g/mol. The van der Waals surface area contributed by atoms with Crippen molar-refractivity contribution in [1.82, 2.24) is 15.5 Å². The minimum absolute atomic E-state index is 0. The second kappa shape index (κ2) is 13.9. The number of guanidine groups is 1. The minimum atomic E-state index is 0. The van der Waals surface area contributed by atoms with Crippen molar-refractivity contribution in [2.45, 2.75) is 33.2 Å². The molecule has 0 aromatic heterocycles. The highest BCUT2D eigenvalue weighted by Gasteiger charge is 2.20. The molecule has 2 aromatic carbocycles. The van der Waals surface area contributed by atoms with Crippen molar-refractivity contribution in [3.8, 4) is 11.5 Å². The van der Waals surface area contributed by atoms with Gasteiger partial charge in [0.15, 0.2) is 17.5 Å². The van der Waals surface area contributed by atoms with Gasteiger partial charge in [-0.2, -0.15) is 0 Å². The van der Waals surface area contributed by atoms with Crippen molar-refractivity contribution in [3.63, 3.8) is 0 Å². The summed E-state index contributed by atoms with van der Waals surface area (Å²) >= 11 is 0. The number of hydrogen-bond donors (Lipinski definition) is 2. The SMILES string of the molecule is CCOc1ccc(CCNC(=NC)NCC(=O)N2CCc3ccccc3C2)cc1OCC.I. The van der Waals surface area contributed by atoms with Crippen molar-refractivity contribution in [2.75, 3.05) is 39.9 Å². The third-order valence-electron chi connectivity index (χ3n) is 5.43. The highest BCUT2D eigenvalue weighted by Crippen LogP contribution is 2.28. The molecular formula is C25H35IN4O3. The summed E-state index contributed by atoms with van der Waals surface area (Å²) in [4.78, 5) is 18.8. The maximum Gasteiger partial charge on any atom is 0.242 e. The van der Waals surface area contributed by atoms with Crippen LogP contribution >= 0.6 is 24.0 Å². The van der Waals surface area contributed by atoms with Crippen LogP contribution in [0.5, 0.6) is 11.5 Å². The summed E-state index contributed by atoms with van der Waals surface area (Å²) in [6, 6.07) is 14.3. The van der Waals surface area contributed by atoms with Crippen LogP contribution in [0.25, 0.3) is 0 Å². The Morgan fingerprint density at radius 2 is 1.76 bits per heavy atom. The number of nitrogens with zero attached hydrogens (tertiary/aromatic N) is 2. The zero-order valence-electron chi connectivity index (χ0n) is 19.7. The molecule has 0 spiro atoms. The molecule has 0 aliphatic carbocycles. The fraction of sp³-hybridized carbons (Fsp3) is 0.440. The van der Waals surface area contributed by atoms with Crippen LogP contribution in [-0.2, 0) is 24.2 Å². The lowest BCUT2D eigenvalue weighted by atomic mass is 10.00. The van der Waals surface area contributed by atoms with E-state index in [9.17, 15) is 4.79 Å². The maximum atomic E-state index is 12.7. The van der Waals surface area contributed by atoms with Crippen LogP contribution in [0.15, 0.2) is 47.5 Å². The van der Waals surface area contributed by atoms with Gasteiger partial charge >= 0.3 is 0 Å². The molecule has 0 radical (unpaired) electrons. The van der Waals surface area contributed by atoms with Gasteiger partial charge < -0.3 is 25.0 Å². The standard InChI is InChI=1S/C25H34N4O3.HI/c1-4-31-22-11-10-19(16-23(22)32-5-2)12-14-27-25(26-3)28-17-24(30)29-15-13-20-8-6-7-9-21(20)18-29;/h6-11,16H,4-5,12-15,17-18H2,1-3H3,(H2,26,27,28);1H. The molecule has 33 heavy (non-hydrogen) atoms. The number of fused-ring (bicyclic) bond motifs is 1. The van der Waals surface area contributed by atoms with Gasteiger partial charge in [0.2, 0.25) is 5.91 Å². The largest absolute Gasteiger partial charge is 0.490 e. The molecule has 1 amide bonds. The molecule has 8 heteroatoms. The van der Waals surface area contributed by atoms with Crippen molar-refractivity contribution in [2.24, 2.45) is 4.99 Å². The van der Waals surface area contributed by atoms with E-state index in [0.29, 0.717) is 32.3 Å². The van der Waals surface area contributed by atoms with E-state index in [-0.39, 0.29) is 36.4 Å². The summed E-state index contributed by atoms with van der Waals surface area (Å²) in [5.74, 6) is 2.23. The Balaban J connectivity index is 0.00000385. The number of amides is 1. The zero-order chi connectivity index (χ0) is 22.8. The van der Waals surface area contributed by atoms with E-state index in [2.05, 4.69) is 33.8 Å². The summed E-state index contributed by atoms with van der Waals surface area (Å²) in [7, 11) is 1.71. The molecule has 7 nitrogen and oxygen atoms in total. The Hall–Kier alpha value is -2.49. The number of aliphatic imine (C=N–C) groups is 1. The molecule has 2 N–H and O–H groups in total. The molecule has 0 saturated carbocycles. The lowest BCUT2D eigenvalue weighted by Crippen LogP contribution is -2.46. The number of carbonyl (C=O) groups excluding carboxylic acids is 1. The van der Waals surface area contributed by atoms with Crippen LogP contribution in [0.2, 0.25) is 0 Å².